The maximum absolute atomic E-state index is 14.5. The molecule has 1 saturated heterocycles. The minimum absolute atomic E-state index is 0.119. The van der Waals surface area contributed by atoms with Crippen LogP contribution in [0.2, 0.25) is 0 Å². The van der Waals surface area contributed by atoms with E-state index in [9.17, 15) is 12.8 Å². The maximum Gasteiger partial charge on any atom is 0.178 e. The summed E-state index contributed by atoms with van der Waals surface area (Å²) in [6, 6.07) is 4.73. The summed E-state index contributed by atoms with van der Waals surface area (Å²) in [4.78, 5) is 2.18. The fraction of sp³-hybridized carbons (Fsp3) is 0.600. The Labute approximate surface area is 120 Å². The second-order valence-corrected chi connectivity index (χ2v) is 7.48. The van der Waals surface area contributed by atoms with E-state index in [0.29, 0.717) is 5.56 Å². The molecule has 1 heterocycles. The van der Waals surface area contributed by atoms with Gasteiger partial charge in [0.1, 0.15) is 10.7 Å². The van der Waals surface area contributed by atoms with E-state index in [1.54, 1.807) is 12.1 Å². The van der Waals surface area contributed by atoms with Crippen molar-refractivity contribution in [3.63, 3.8) is 0 Å². The van der Waals surface area contributed by atoms with E-state index < -0.39 is 15.7 Å². The summed E-state index contributed by atoms with van der Waals surface area (Å²) < 4.78 is 37.7. The van der Waals surface area contributed by atoms with Crippen LogP contribution in [0.25, 0.3) is 0 Å². The average Bonchev–Trinajstić information content (AvgIpc) is 2.63. The number of likely N-dealkylation sites (tertiary alicyclic amines) is 1. The van der Waals surface area contributed by atoms with Gasteiger partial charge in [0, 0.05) is 6.26 Å². The van der Waals surface area contributed by atoms with Crippen LogP contribution in [0.5, 0.6) is 0 Å². The van der Waals surface area contributed by atoms with Gasteiger partial charge in [-0.1, -0.05) is 19.1 Å². The van der Waals surface area contributed by atoms with Crippen LogP contribution in [0.3, 0.4) is 0 Å². The normalized spacial score (nSPS) is 21.6. The highest BCUT2D eigenvalue weighted by molar-refractivity contribution is 7.90. The van der Waals surface area contributed by atoms with Crippen molar-refractivity contribution in [2.75, 3.05) is 25.9 Å². The Balaban J connectivity index is 2.29. The molecule has 0 saturated carbocycles. The van der Waals surface area contributed by atoms with Crippen LogP contribution < -0.4 is 0 Å². The molecular formula is C15H22FNO2S. The Hall–Kier alpha value is -0.940. The van der Waals surface area contributed by atoms with Crippen molar-refractivity contribution in [1.29, 1.82) is 0 Å². The highest BCUT2D eigenvalue weighted by Gasteiger charge is 2.24. The zero-order chi connectivity index (χ0) is 14.8. The molecule has 1 atom stereocenters. The highest BCUT2D eigenvalue weighted by atomic mass is 32.2. The van der Waals surface area contributed by atoms with Crippen molar-refractivity contribution in [2.24, 2.45) is 0 Å². The third kappa shape index (κ3) is 3.38. The van der Waals surface area contributed by atoms with Gasteiger partial charge in [-0.2, -0.15) is 0 Å². The van der Waals surface area contributed by atoms with E-state index in [2.05, 4.69) is 11.8 Å². The molecule has 0 aromatic heterocycles. The molecule has 1 aliphatic heterocycles. The van der Waals surface area contributed by atoms with Crippen LogP contribution >= 0.6 is 0 Å². The molecule has 3 nitrogen and oxygen atoms in total. The minimum atomic E-state index is -3.50. The molecule has 5 heteroatoms. The summed E-state index contributed by atoms with van der Waals surface area (Å²) >= 11 is 0. The van der Waals surface area contributed by atoms with Gasteiger partial charge >= 0.3 is 0 Å². The van der Waals surface area contributed by atoms with Crippen LogP contribution in [-0.4, -0.2) is 39.2 Å². The SMILES string of the molecule is CCN1CCCC(c2cccc(S(C)(=O)=O)c2F)CC1. The van der Waals surface area contributed by atoms with Crippen LogP contribution in [-0.2, 0) is 9.84 Å². The molecule has 0 radical (unpaired) electrons. The standard InChI is InChI=1S/C15H22FNO2S/c1-3-17-10-5-6-12(9-11-17)13-7-4-8-14(15(13)16)20(2,18)19/h4,7-8,12H,3,5-6,9-11H2,1-2H3. The van der Waals surface area contributed by atoms with E-state index >= 15 is 0 Å². The van der Waals surface area contributed by atoms with Gasteiger partial charge < -0.3 is 4.90 Å². The first-order chi connectivity index (χ1) is 9.43. The van der Waals surface area contributed by atoms with Gasteiger partial charge in [0.15, 0.2) is 9.84 Å². The van der Waals surface area contributed by atoms with Gasteiger partial charge in [-0.3, -0.25) is 0 Å². The van der Waals surface area contributed by atoms with Crippen LogP contribution in [0, 0.1) is 5.82 Å². The van der Waals surface area contributed by atoms with E-state index in [1.165, 1.54) is 6.07 Å². The number of halogens is 1. The van der Waals surface area contributed by atoms with Crippen molar-refractivity contribution in [3.8, 4) is 0 Å². The highest BCUT2D eigenvalue weighted by Crippen LogP contribution is 2.32. The molecule has 1 aromatic carbocycles. The number of hydrogen-bond donors (Lipinski definition) is 0. The van der Waals surface area contributed by atoms with E-state index in [1.807, 2.05) is 0 Å². The summed E-state index contributed by atoms with van der Waals surface area (Å²) in [5, 5.41) is 0. The molecule has 0 spiro atoms. The second-order valence-electron chi connectivity index (χ2n) is 5.49. The molecule has 2 rings (SSSR count). The van der Waals surface area contributed by atoms with Gasteiger partial charge in [0.25, 0.3) is 0 Å². The first kappa shape index (κ1) is 15.4. The largest absolute Gasteiger partial charge is 0.304 e. The summed E-state index contributed by atoms with van der Waals surface area (Å²) in [5.74, 6) is -0.432. The molecule has 1 fully saturated rings. The lowest BCUT2D eigenvalue weighted by atomic mass is 9.92. The smallest absolute Gasteiger partial charge is 0.178 e. The van der Waals surface area contributed by atoms with Crippen LogP contribution in [0.4, 0.5) is 4.39 Å². The van der Waals surface area contributed by atoms with Gasteiger partial charge in [-0.25, -0.2) is 12.8 Å². The molecular weight excluding hydrogens is 277 g/mol. The topological polar surface area (TPSA) is 37.4 Å². The fourth-order valence-electron chi connectivity index (χ4n) is 2.91. The van der Waals surface area contributed by atoms with Crippen molar-refractivity contribution in [2.45, 2.75) is 37.0 Å². The number of rotatable bonds is 3. The van der Waals surface area contributed by atoms with Gasteiger partial charge in [0.05, 0.1) is 0 Å². The van der Waals surface area contributed by atoms with Gasteiger partial charge in [0.2, 0.25) is 0 Å². The van der Waals surface area contributed by atoms with Crippen molar-refractivity contribution in [1.82, 2.24) is 4.90 Å². The number of benzene rings is 1. The minimum Gasteiger partial charge on any atom is -0.304 e. The summed E-state index contributed by atoms with van der Waals surface area (Å²) in [6.07, 6.45) is 3.89. The van der Waals surface area contributed by atoms with Gasteiger partial charge in [-0.05, 0) is 56.4 Å². The lowest BCUT2D eigenvalue weighted by Crippen LogP contribution is -2.24. The predicted octanol–water partition coefficient (Wildman–Crippen LogP) is 2.82. The Morgan fingerprint density at radius 3 is 2.70 bits per heavy atom. The summed E-state index contributed by atoms with van der Waals surface area (Å²) in [5.41, 5.74) is 0.561. The average molecular weight is 299 g/mol. The lowest BCUT2D eigenvalue weighted by Gasteiger charge is -2.18. The quantitative estimate of drug-likeness (QED) is 0.861. The van der Waals surface area contributed by atoms with E-state index in [4.69, 9.17) is 0 Å². The Kier molecular flexibility index (Phi) is 4.81. The van der Waals surface area contributed by atoms with Crippen molar-refractivity contribution in [3.05, 3.63) is 29.6 Å². The summed E-state index contributed by atoms with van der Waals surface area (Å²) in [7, 11) is -3.50. The van der Waals surface area contributed by atoms with Crippen molar-refractivity contribution < 1.29 is 12.8 Å². The first-order valence-electron chi connectivity index (χ1n) is 7.14. The van der Waals surface area contributed by atoms with E-state index in [0.717, 1.165) is 45.2 Å². The zero-order valence-electron chi connectivity index (χ0n) is 12.1. The summed E-state index contributed by atoms with van der Waals surface area (Å²) in [6.45, 7) is 5.13. The molecule has 1 aromatic rings. The molecule has 0 amide bonds. The molecule has 112 valence electrons. The predicted molar refractivity (Wildman–Crippen MR) is 78.2 cm³/mol. The molecule has 0 bridgehead atoms. The molecule has 20 heavy (non-hydrogen) atoms. The fourth-order valence-corrected chi connectivity index (χ4v) is 3.68. The number of hydrogen-bond acceptors (Lipinski definition) is 3. The maximum atomic E-state index is 14.5. The van der Waals surface area contributed by atoms with Crippen LogP contribution in [0.1, 0.15) is 37.7 Å². The lowest BCUT2D eigenvalue weighted by molar-refractivity contribution is 0.299. The molecule has 1 aliphatic rings. The molecule has 0 aliphatic carbocycles. The van der Waals surface area contributed by atoms with Crippen molar-refractivity contribution >= 4 is 9.84 Å². The third-order valence-corrected chi connectivity index (χ3v) is 5.21. The first-order valence-corrected chi connectivity index (χ1v) is 9.03. The molecule has 1 unspecified atom stereocenters. The molecule has 0 N–H and O–H groups in total. The Bertz CT molecular complexity index is 571. The van der Waals surface area contributed by atoms with E-state index in [-0.39, 0.29) is 10.8 Å². The Morgan fingerprint density at radius 1 is 1.30 bits per heavy atom. The zero-order valence-corrected chi connectivity index (χ0v) is 12.9. The monoisotopic (exact) mass is 299 g/mol. The second kappa shape index (κ2) is 6.22. The van der Waals surface area contributed by atoms with Crippen LogP contribution in [0.15, 0.2) is 23.1 Å². The third-order valence-electron chi connectivity index (χ3n) is 4.10. The number of sulfone groups is 1. The Morgan fingerprint density at radius 2 is 2.05 bits per heavy atom. The number of nitrogens with zero attached hydrogens (tertiary/aromatic N) is 1. The van der Waals surface area contributed by atoms with Gasteiger partial charge in [-0.15, -0.1) is 0 Å².